The van der Waals surface area contributed by atoms with E-state index in [0.29, 0.717) is 43.6 Å². The standard InChI is InChI=1S/C53H74N4O5/c1-3-5-7-9-11-17-34-57(35-18-12-10-8-6-4-2)39-47-37-50(44-28-26-41(40-58)27-29-44)62-53(61-47)45-32-30-43(31-33-45)46-21-19-20-42(36-46)38-55-51(59)24-15-16-25-52(60)56-49-23-14-13-22-48(49)54/h13-14,19-23,26-33,36,47,50,53,58H,3-12,15-18,24-25,34-35,37-40,54H2,1-2H3,(H,55,59)(H,56,60)/t47-,50+,53+/m1/s1. The first-order valence-corrected chi connectivity index (χ1v) is 23.7. The molecular formula is C53H74N4O5. The Morgan fingerprint density at radius 3 is 1.95 bits per heavy atom. The lowest BCUT2D eigenvalue weighted by Crippen LogP contribution is -2.40. The van der Waals surface area contributed by atoms with Crippen molar-refractivity contribution in [3.05, 3.63) is 119 Å². The number of nitrogen functional groups attached to an aromatic ring is 1. The summed E-state index contributed by atoms with van der Waals surface area (Å²) in [6.07, 6.45) is 17.6. The fourth-order valence-electron chi connectivity index (χ4n) is 8.22. The average Bonchev–Trinajstić information content (AvgIpc) is 3.30. The SMILES string of the molecule is CCCCCCCCN(CCCCCCCC)C[C@H]1C[C@@H](c2ccc(CO)cc2)O[C@@H](c2ccc(-c3cccc(CNC(=O)CCCCC(=O)Nc4ccccc4N)c3)cc2)O1. The quantitative estimate of drug-likeness (QED) is 0.0331. The molecular weight excluding hydrogens is 773 g/mol. The van der Waals surface area contributed by atoms with Crippen molar-refractivity contribution in [2.24, 2.45) is 0 Å². The molecule has 3 atom stereocenters. The molecule has 336 valence electrons. The van der Waals surface area contributed by atoms with Crippen LogP contribution < -0.4 is 16.4 Å². The van der Waals surface area contributed by atoms with E-state index in [0.717, 1.165) is 59.4 Å². The highest BCUT2D eigenvalue weighted by atomic mass is 16.7. The number of aliphatic hydroxyl groups is 1. The van der Waals surface area contributed by atoms with Crippen LogP contribution in [0.2, 0.25) is 0 Å². The van der Waals surface area contributed by atoms with E-state index in [1.807, 2.05) is 36.4 Å². The number of anilines is 2. The summed E-state index contributed by atoms with van der Waals surface area (Å²) < 4.78 is 13.6. The molecule has 0 bridgehead atoms. The van der Waals surface area contributed by atoms with Gasteiger partial charge in [0.1, 0.15) is 0 Å². The zero-order valence-corrected chi connectivity index (χ0v) is 37.6. The predicted octanol–water partition coefficient (Wildman–Crippen LogP) is 11.8. The molecule has 1 aliphatic rings. The van der Waals surface area contributed by atoms with Gasteiger partial charge >= 0.3 is 0 Å². The van der Waals surface area contributed by atoms with Gasteiger partial charge in [-0.05, 0) is 84.8 Å². The monoisotopic (exact) mass is 847 g/mol. The summed E-state index contributed by atoms with van der Waals surface area (Å²) >= 11 is 0. The van der Waals surface area contributed by atoms with Gasteiger partial charge in [0.2, 0.25) is 11.8 Å². The Hall–Kier alpha value is -4.54. The minimum Gasteiger partial charge on any atom is -0.397 e. The van der Waals surface area contributed by atoms with Gasteiger partial charge in [0, 0.05) is 37.9 Å². The van der Waals surface area contributed by atoms with Crippen molar-refractivity contribution in [3.8, 4) is 11.1 Å². The number of hydrogen-bond acceptors (Lipinski definition) is 7. The first kappa shape index (κ1) is 48.5. The number of benzene rings is 4. The fraction of sp³-hybridized carbons (Fsp3) is 0.509. The highest BCUT2D eigenvalue weighted by Crippen LogP contribution is 2.39. The molecule has 1 heterocycles. The molecule has 1 saturated heterocycles. The number of nitrogens with two attached hydrogens (primary N) is 1. The lowest BCUT2D eigenvalue weighted by Gasteiger charge is -2.38. The number of nitrogens with zero attached hydrogens (tertiary/aromatic N) is 1. The summed E-state index contributed by atoms with van der Waals surface area (Å²) in [5.74, 6) is -0.140. The zero-order valence-electron chi connectivity index (χ0n) is 37.6. The first-order valence-electron chi connectivity index (χ1n) is 23.7. The van der Waals surface area contributed by atoms with Gasteiger partial charge in [-0.1, -0.05) is 157 Å². The summed E-state index contributed by atoms with van der Waals surface area (Å²) in [6, 6.07) is 32.1. The predicted molar refractivity (Wildman–Crippen MR) is 253 cm³/mol. The summed E-state index contributed by atoms with van der Waals surface area (Å²) in [7, 11) is 0. The van der Waals surface area contributed by atoms with E-state index in [1.54, 1.807) is 12.1 Å². The number of unbranched alkanes of at least 4 members (excludes halogenated alkanes) is 11. The molecule has 0 spiro atoms. The molecule has 9 nitrogen and oxygen atoms in total. The molecule has 1 fully saturated rings. The smallest absolute Gasteiger partial charge is 0.224 e. The summed E-state index contributed by atoms with van der Waals surface area (Å²) in [5.41, 5.74) is 13.2. The Labute approximate surface area is 372 Å². The van der Waals surface area contributed by atoms with E-state index in [2.05, 4.69) is 77.9 Å². The molecule has 0 aromatic heterocycles. The van der Waals surface area contributed by atoms with Crippen LogP contribution >= 0.6 is 0 Å². The third-order valence-electron chi connectivity index (χ3n) is 12.0. The van der Waals surface area contributed by atoms with Crippen LogP contribution in [0.3, 0.4) is 0 Å². The van der Waals surface area contributed by atoms with E-state index in [-0.39, 0.29) is 30.6 Å². The van der Waals surface area contributed by atoms with Crippen molar-refractivity contribution >= 4 is 23.2 Å². The number of para-hydroxylation sites is 2. The maximum absolute atomic E-state index is 12.7. The number of carbonyl (C=O) groups is 2. The molecule has 0 saturated carbocycles. The van der Waals surface area contributed by atoms with E-state index in [1.165, 1.54) is 77.0 Å². The maximum atomic E-state index is 12.7. The third-order valence-corrected chi connectivity index (χ3v) is 12.0. The van der Waals surface area contributed by atoms with E-state index in [9.17, 15) is 14.7 Å². The molecule has 0 radical (unpaired) electrons. The number of amides is 2. The second-order valence-electron chi connectivity index (χ2n) is 17.1. The molecule has 5 rings (SSSR count). The van der Waals surface area contributed by atoms with Crippen LogP contribution in [-0.4, -0.2) is 47.6 Å². The highest BCUT2D eigenvalue weighted by Gasteiger charge is 2.33. The number of ether oxygens (including phenoxy) is 2. The number of hydrogen-bond donors (Lipinski definition) is 4. The van der Waals surface area contributed by atoms with Crippen molar-refractivity contribution in [1.29, 1.82) is 0 Å². The Balaban J connectivity index is 1.17. The second-order valence-corrected chi connectivity index (χ2v) is 17.1. The van der Waals surface area contributed by atoms with E-state index >= 15 is 0 Å². The normalized spacial score (nSPS) is 16.4. The number of carbonyl (C=O) groups excluding carboxylic acids is 2. The van der Waals surface area contributed by atoms with E-state index < -0.39 is 6.29 Å². The van der Waals surface area contributed by atoms with Crippen molar-refractivity contribution in [1.82, 2.24) is 10.2 Å². The van der Waals surface area contributed by atoms with Crippen LogP contribution in [0.1, 0.15) is 158 Å². The van der Waals surface area contributed by atoms with Crippen LogP contribution in [0.5, 0.6) is 0 Å². The Morgan fingerprint density at radius 1 is 0.661 bits per heavy atom. The largest absolute Gasteiger partial charge is 0.397 e. The molecule has 5 N–H and O–H groups in total. The lowest BCUT2D eigenvalue weighted by atomic mass is 9.98. The lowest BCUT2D eigenvalue weighted by molar-refractivity contribution is -0.253. The van der Waals surface area contributed by atoms with Crippen LogP contribution in [0.25, 0.3) is 11.1 Å². The van der Waals surface area contributed by atoms with Crippen LogP contribution in [0, 0.1) is 0 Å². The maximum Gasteiger partial charge on any atom is 0.224 e. The Kier molecular flexibility index (Phi) is 21.5. The summed E-state index contributed by atoms with van der Waals surface area (Å²) in [6.45, 7) is 8.09. The molecule has 0 aliphatic carbocycles. The topological polar surface area (TPSA) is 126 Å². The molecule has 1 aliphatic heterocycles. The summed E-state index contributed by atoms with van der Waals surface area (Å²) in [4.78, 5) is 27.7. The molecule has 62 heavy (non-hydrogen) atoms. The van der Waals surface area contributed by atoms with Crippen molar-refractivity contribution < 1.29 is 24.2 Å². The molecule has 2 amide bonds. The third kappa shape index (κ3) is 17.0. The molecule has 4 aromatic carbocycles. The number of nitrogens with one attached hydrogen (secondary N) is 2. The highest BCUT2D eigenvalue weighted by molar-refractivity contribution is 5.93. The Bertz CT molecular complexity index is 1870. The van der Waals surface area contributed by atoms with Crippen LogP contribution in [0.15, 0.2) is 97.1 Å². The van der Waals surface area contributed by atoms with Crippen LogP contribution in [0.4, 0.5) is 11.4 Å². The van der Waals surface area contributed by atoms with Crippen molar-refractivity contribution in [2.45, 2.75) is 155 Å². The summed E-state index contributed by atoms with van der Waals surface area (Å²) in [5, 5.41) is 15.6. The minimum atomic E-state index is -0.506. The van der Waals surface area contributed by atoms with Crippen LogP contribution in [-0.2, 0) is 32.2 Å². The van der Waals surface area contributed by atoms with Gasteiger partial charge in [-0.25, -0.2) is 0 Å². The van der Waals surface area contributed by atoms with Gasteiger partial charge in [0.05, 0.1) is 30.2 Å². The van der Waals surface area contributed by atoms with Gasteiger partial charge < -0.3 is 35.8 Å². The molecule has 4 aromatic rings. The van der Waals surface area contributed by atoms with E-state index in [4.69, 9.17) is 15.2 Å². The van der Waals surface area contributed by atoms with Gasteiger partial charge in [0.15, 0.2) is 6.29 Å². The minimum absolute atomic E-state index is 0.0158. The molecule has 9 heteroatoms. The zero-order chi connectivity index (χ0) is 43.8. The van der Waals surface area contributed by atoms with Crippen molar-refractivity contribution in [3.63, 3.8) is 0 Å². The average molecular weight is 847 g/mol. The van der Waals surface area contributed by atoms with Gasteiger partial charge in [0.25, 0.3) is 0 Å². The molecule has 0 unspecified atom stereocenters. The Morgan fingerprint density at radius 2 is 1.29 bits per heavy atom. The second kappa shape index (κ2) is 27.5. The number of aliphatic hydroxyl groups excluding tert-OH is 1. The fourth-order valence-corrected chi connectivity index (χ4v) is 8.22. The number of rotatable bonds is 28. The first-order chi connectivity index (χ1) is 30.3. The van der Waals surface area contributed by atoms with Crippen molar-refractivity contribution in [2.75, 3.05) is 30.7 Å². The van der Waals surface area contributed by atoms with Gasteiger partial charge in [-0.15, -0.1) is 0 Å². The van der Waals surface area contributed by atoms with Gasteiger partial charge in [-0.3, -0.25) is 9.59 Å². The van der Waals surface area contributed by atoms with Gasteiger partial charge in [-0.2, -0.15) is 0 Å².